The summed E-state index contributed by atoms with van der Waals surface area (Å²) in [5, 5.41) is 0. The van der Waals surface area contributed by atoms with Gasteiger partial charge in [-0.15, -0.1) is 0 Å². The Balaban J connectivity index is 1.83. The van der Waals surface area contributed by atoms with Gasteiger partial charge in [-0.05, 0) is 35.4 Å². The number of methoxy groups -OCH3 is 2. The van der Waals surface area contributed by atoms with Crippen molar-refractivity contribution in [1.82, 2.24) is 0 Å². The van der Waals surface area contributed by atoms with Gasteiger partial charge in [0.15, 0.2) is 0 Å². The molecule has 0 aromatic heterocycles. The lowest BCUT2D eigenvalue weighted by molar-refractivity contribution is -0.140. The normalized spacial score (nSPS) is 10.3. The Kier molecular flexibility index (Phi) is 9.48. The van der Waals surface area contributed by atoms with Crippen LogP contribution in [-0.4, -0.2) is 52.6 Å². The molecule has 31 heavy (non-hydrogen) atoms. The van der Waals surface area contributed by atoms with Crippen molar-refractivity contribution in [3.8, 4) is 22.6 Å². The highest BCUT2D eigenvalue weighted by molar-refractivity contribution is 5.89. The van der Waals surface area contributed by atoms with E-state index in [1.165, 1.54) is 14.2 Å². The van der Waals surface area contributed by atoms with Crippen LogP contribution in [0.1, 0.15) is 0 Å². The fourth-order valence-corrected chi connectivity index (χ4v) is 2.50. The molecular weight excluding hydrogens is 400 g/mol. The average Bonchev–Trinajstić information content (AvgIpc) is 2.78. The second kappa shape index (κ2) is 12.3. The Morgan fingerprint density at radius 2 is 1.19 bits per heavy atom. The van der Waals surface area contributed by atoms with Crippen molar-refractivity contribution in [2.75, 3.05) is 40.6 Å². The van der Waals surface area contributed by atoms with E-state index in [0.29, 0.717) is 11.5 Å². The molecule has 0 radical (unpaired) electrons. The summed E-state index contributed by atoms with van der Waals surface area (Å²) in [6, 6.07) is 14.6. The maximum atomic E-state index is 11.8. The molecule has 7 heteroatoms. The molecule has 0 aliphatic heterocycles. The number of ether oxygens (including phenoxy) is 5. The first-order valence-electron chi connectivity index (χ1n) is 9.50. The molecule has 0 unspecified atom stereocenters. The van der Waals surface area contributed by atoms with Gasteiger partial charge in [-0.3, -0.25) is 0 Å². The van der Waals surface area contributed by atoms with Gasteiger partial charge >= 0.3 is 11.9 Å². The monoisotopic (exact) mass is 426 g/mol. The Bertz CT molecular complexity index is 899. The quantitative estimate of drug-likeness (QED) is 0.222. The van der Waals surface area contributed by atoms with E-state index in [4.69, 9.17) is 23.7 Å². The number of benzene rings is 2. The summed E-state index contributed by atoms with van der Waals surface area (Å²) < 4.78 is 25.6. The second-order valence-corrected chi connectivity index (χ2v) is 6.50. The maximum Gasteiger partial charge on any atom is 0.341 e. The van der Waals surface area contributed by atoms with Crippen molar-refractivity contribution in [2.45, 2.75) is 0 Å². The van der Waals surface area contributed by atoms with Gasteiger partial charge in [0.25, 0.3) is 0 Å². The molecule has 0 atom stereocenters. The van der Waals surface area contributed by atoms with Crippen LogP contribution in [0.4, 0.5) is 0 Å². The standard InChI is InChI=1S/C24H26O7/c1-17(15-27-3)23(25)30-14-13-29-21-9-5-19(6-10-21)20-7-11-22(12-8-20)31-24(26)18(2)16-28-4/h5-12H,1-2,13-16H2,3-4H3. The van der Waals surface area contributed by atoms with Gasteiger partial charge < -0.3 is 23.7 Å². The maximum absolute atomic E-state index is 11.8. The van der Waals surface area contributed by atoms with Crippen LogP contribution < -0.4 is 9.47 Å². The first-order chi connectivity index (χ1) is 14.9. The van der Waals surface area contributed by atoms with Gasteiger partial charge in [-0.2, -0.15) is 0 Å². The van der Waals surface area contributed by atoms with Crippen molar-refractivity contribution in [3.63, 3.8) is 0 Å². The number of carbonyl (C=O) groups excluding carboxylic acids is 2. The molecule has 0 saturated carbocycles. The number of rotatable bonds is 12. The summed E-state index contributed by atoms with van der Waals surface area (Å²) in [6.07, 6.45) is 0. The predicted molar refractivity (Wildman–Crippen MR) is 116 cm³/mol. The molecular formula is C24H26O7. The third kappa shape index (κ3) is 7.73. The van der Waals surface area contributed by atoms with Crippen LogP contribution in [-0.2, 0) is 23.8 Å². The van der Waals surface area contributed by atoms with Crippen molar-refractivity contribution >= 4 is 11.9 Å². The number of hydrogen-bond acceptors (Lipinski definition) is 7. The third-order valence-electron chi connectivity index (χ3n) is 4.05. The zero-order valence-electron chi connectivity index (χ0n) is 17.7. The molecule has 2 rings (SSSR count). The van der Waals surface area contributed by atoms with E-state index < -0.39 is 11.9 Å². The Labute approximate surface area is 181 Å². The predicted octanol–water partition coefficient (Wildman–Crippen LogP) is 3.59. The molecule has 0 amide bonds. The van der Waals surface area contributed by atoms with Crippen molar-refractivity contribution in [3.05, 3.63) is 72.8 Å². The summed E-state index contributed by atoms with van der Waals surface area (Å²) >= 11 is 0. The minimum Gasteiger partial charge on any atom is -0.490 e. The number of carbonyl (C=O) groups is 2. The fraction of sp³-hybridized carbons (Fsp3) is 0.250. The smallest absolute Gasteiger partial charge is 0.341 e. The van der Waals surface area contributed by atoms with E-state index in [1.807, 2.05) is 36.4 Å². The Morgan fingerprint density at radius 3 is 1.71 bits per heavy atom. The zero-order valence-corrected chi connectivity index (χ0v) is 17.7. The van der Waals surface area contributed by atoms with E-state index in [1.54, 1.807) is 12.1 Å². The SMILES string of the molecule is C=C(COC)C(=O)OCCOc1ccc(-c2ccc(OC(=O)C(=C)COC)cc2)cc1. The molecule has 7 nitrogen and oxygen atoms in total. The van der Waals surface area contributed by atoms with Gasteiger partial charge in [0, 0.05) is 14.2 Å². The van der Waals surface area contributed by atoms with Gasteiger partial charge in [-0.1, -0.05) is 37.4 Å². The molecule has 0 bridgehead atoms. The van der Waals surface area contributed by atoms with Crippen LogP contribution in [0.15, 0.2) is 72.8 Å². The summed E-state index contributed by atoms with van der Waals surface area (Å²) in [4.78, 5) is 23.4. The van der Waals surface area contributed by atoms with Crippen molar-refractivity contribution in [2.24, 2.45) is 0 Å². The highest BCUT2D eigenvalue weighted by Crippen LogP contribution is 2.25. The first-order valence-corrected chi connectivity index (χ1v) is 9.50. The topological polar surface area (TPSA) is 80.3 Å². The van der Waals surface area contributed by atoms with Gasteiger partial charge in [-0.25, -0.2) is 9.59 Å². The van der Waals surface area contributed by atoms with E-state index in [2.05, 4.69) is 13.2 Å². The summed E-state index contributed by atoms with van der Waals surface area (Å²) in [5.41, 5.74) is 2.42. The second-order valence-electron chi connectivity index (χ2n) is 6.50. The summed E-state index contributed by atoms with van der Waals surface area (Å²) in [6.45, 7) is 7.79. The Morgan fingerprint density at radius 1 is 0.710 bits per heavy atom. The fourth-order valence-electron chi connectivity index (χ4n) is 2.50. The summed E-state index contributed by atoms with van der Waals surface area (Å²) in [7, 11) is 2.97. The van der Waals surface area contributed by atoms with Crippen molar-refractivity contribution < 1.29 is 33.3 Å². The molecule has 0 aliphatic carbocycles. The molecule has 0 fully saturated rings. The van der Waals surface area contributed by atoms with Crippen LogP contribution >= 0.6 is 0 Å². The summed E-state index contributed by atoms with van der Waals surface area (Å²) in [5.74, 6) is 0.0501. The third-order valence-corrected chi connectivity index (χ3v) is 4.05. The highest BCUT2D eigenvalue weighted by atomic mass is 16.6. The minimum atomic E-state index is -0.523. The van der Waals surface area contributed by atoms with Gasteiger partial charge in [0.05, 0.1) is 24.4 Å². The van der Waals surface area contributed by atoms with E-state index in [-0.39, 0.29) is 37.6 Å². The largest absolute Gasteiger partial charge is 0.490 e. The van der Waals surface area contributed by atoms with Crippen LogP contribution in [0.25, 0.3) is 11.1 Å². The Hall–Kier alpha value is -3.42. The lowest BCUT2D eigenvalue weighted by Gasteiger charge is -2.10. The molecule has 2 aromatic carbocycles. The molecule has 0 spiro atoms. The molecule has 2 aromatic rings. The first kappa shape index (κ1) is 23.9. The van der Waals surface area contributed by atoms with Crippen LogP contribution in [0.3, 0.4) is 0 Å². The lowest BCUT2D eigenvalue weighted by Crippen LogP contribution is -2.15. The van der Waals surface area contributed by atoms with Crippen LogP contribution in [0, 0.1) is 0 Å². The van der Waals surface area contributed by atoms with Crippen LogP contribution in [0.5, 0.6) is 11.5 Å². The molecule has 0 aliphatic rings. The van der Waals surface area contributed by atoms with E-state index >= 15 is 0 Å². The van der Waals surface area contributed by atoms with Crippen LogP contribution in [0.2, 0.25) is 0 Å². The van der Waals surface area contributed by atoms with Gasteiger partial charge in [0.2, 0.25) is 0 Å². The minimum absolute atomic E-state index is 0.111. The van der Waals surface area contributed by atoms with Gasteiger partial charge in [0.1, 0.15) is 24.7 Å². The highest BCUT2D eigenvalue weighted by Gasteiger charge is 2.10. The molecule has 164 valence electrons. The number of hydrogen-bond donors (Lipinski definition) is 0. The van der Waals surface area contributed by atoms with E-state index in [9.17, 15) is 9.59 Å². The number of esters is 2. The average molecular weight is 426 g/mol. The van der Waals surface area contributed by atoms with E-state index in [0.717, 1.165) is 11.1 Å². The molecule has 0 heterocycles. The zero-order chi connectivity index (χ0) is 22.6. The van der Waals surface area contributed by atoms with Crippen molar-refractivity contribution in [1.29, 1.82) is 0 Å². The molecule has 0 saturated heterocycles. The molecule has 0 N–H and O–H groups in total. The lowest BCUT2D eigenvalue weighted by atomic mass is 10.1.